The van der Waals surface area contributed by atoms with Crippen molar-refractivity contribution in [3.8, 4) is 0 Å². The van der Waals surface area contributed by atoms with Crippen LogP contribution in [0.4, 0.5) is 8.78 Å². The molecule has 0 spiro atoms. The molecule has 0 radical (unpaired) electrons. The Balaban J connectivity index is 1.69. The van der Waals surface area contributed by atoms with Crippen molar-refractivity contribution < 1.29 is 22.8 Å². The minimum atomic E-state index is -0.993. The van der Waals surface area contributed by atoms with E-state index in [0.717, 1.165) is 22.8 Å². The van der Waals surface area contributed by atoms with Crippen molar-refractivity contribution in [2.75, 3.05) is 0 Å². The third kappa shape index (κ3) is 3.55. The maximum Gasteiger partial charge on any atom is 0.420 e. The van der Waals surface area contributed by atoms with E-state index in [-0.39, 0.29) is 29.0 Å². The van der Waals surface area contributed by atoms with Gasteiger partial charge in [0.05, 0.1) is 17.6 Å². The van der Waals surface area contributed by atoms with Crippen LogP contribution in [0.25, 0.3) is 11.1 Å². The average molecular weight is 428 g/mol. The second-order valence-corrected chi connectivity index (χ2v) is 6.93. The molecule has 0 aliphatic carbocycles. The molecule has 8 heteroatoms. The van der Waals surface area contributed by atoms with E-state index in [1.165, 1.54) is 30.3 Å². The summed E-state index contributed by atoms with van der Waals surface area (Å²) < 4.78 is 34.1. The molecule has 5 nitrogen and oxygen atoms in total. The molecule has 0 saturated heterocycles. The lowest BCUT2D eigenvalue weighted by molar-refractivity contribution is 0.0969. The van der Waals surface area contributed by atoms with Crippen LogP contribution in [0.2, 0.25) is 5.02 Å². The fraction of sp³-hybridized carbons (Fsp3) is 0.0455. The summed E-state index contributed by atoms with van der Waals surface area (Å²) in [6.07, 6.45) is 0. The van der Waals surface area contributed by atoms with Gasteiger partial charge in [-0.15, -0.1) is 0 Å². The van der Waals surface area contributed by atoms with Crippen LogP contribution in [0, 0.1) is 11.6 Å². The lowest BCUT2D eigenvalue weighted by atomic mass is 10.0. The maximum atomic E-state index is 13.9. The standard InChI is InChI=1S/C22H12ClF2NO4/c23-14-7-4-12(5-8-14)18(27)11-26-17-9-6-13(10-19(17)30-22(26)29)21(28)20-15(24)2-1-3-16(20)25/h1-10H,11H2. The molecule has 0 unspecified atom stereocenters. The third-order valence-electron chi connectivity index (χ3n) is 4.59. The number of carbonyl (C=O) groups is 2. The Morgan fingerprint density at radius 3 is 2.23 bits per heavy atom. The molecule has 1 heterocycles. The zero-order valence-corrected chi connectivity index (χ0v) is 16.0. The summed E-state index contributed by atoms with van der Waals surface area (Å²) in [4.78, 5) is 37.3. The highest BCUT2D eigenvalue weighted by atomic mass is 35.5. The lowest BCUT2D eigenvalue weighted by Crippen LogP contribution is -2.20. The molecule has 0 amide bonds. The Morgan fingerprint density at radius 1 is 0.933 bits per heavy atom. The molecule has 150 valence electrons. The highest BCUT2D eigenvalue weighted by Crippen LogP contribution is 2.21. The van der Waals surface area contributed by atoms with Crippen LogP contribution in [-0.2, 0) is 6.54 Å². The molecule has 4 rings (SSSR count). The summed E-state index contributed by atoms with van der Waals surface area (Å²) in [5, 5.41) is 0.473. The van der Waals surface area contributed by atoms with Crippen LogP contribution in [-0.4, -0.2) is 16.1 Å². The Labute approximate surface area is 173 Å². The number of hydrogen-bond donors (Lipinski definition) is 0. The van der Waals surface area contributed by atoms with E-state index in [4.69, 9.17) is 16.0 Å². The van der Waals surface area contributed by atoms with Gasteiger partial charge in [-0.05, 0) is 54.6 Å². The highest BCUT2D eigenvalue weighted by Gasteiger charge is 2.21. The van der Waals surface area contributed by atoms with E-state index in [1.807, 2.05) is 0 Å². The minimum Gasteiger partial charge on any atom is -0.408 e. The van der Waals surface area contributed by atoms with Crippen LogP contribution in [0.3, 0.4) is 0 Å². The fourth-order valence-corrected chi connectivity index (χ4v) is 3.21. The number of ketones is 2. The van der Waals surface area contributed by atoms with Crippen LogP contribution in [0.15, 0.2) is 69.9 Å². The van der Waals surface area contributed by atoms with Gasteiger partial charge in [-0.1, -0.05) is 17.7 Å². The van der Waals surface area contributed by atoms with Gasteiger partial charge in [-0.3, -0.25) is 14.2 Å². The summed E-state index contributed by atoms with van der Waals surface area (Å²) >= 11 is 5.81. The summed E-state index contributed by atoms with van der Waals surface area (Å²) in [5.41, 5.74) is -0.102. The number of fused-ring (bicyclic) bond motifs is 1. The van der Waals surface area contributed by atoms with Gasteiger partial charge in [-0.25, -0.2) is 13.6 Å². The van der Waals surface area contributed by atoms with Crippen molar-refractivity contribution in [1.82, 2.24) is 4.57 Å². The largest absolute Gasteiger partial charge is 0.420 e. The highest BCUT2D eigenvalue weighted by molar-refractivity contribution is 6.30. The number of nitrogens with zero attached hydrogens (tertiary/aromatic N) is 1. The predicted molar refractivity (Wildman–Crippen MR) is 106 cm³/mol. The molecule has 1 aromatic heterocycles. The van der Waals surface area contributed by atoms with Gasteiger partial charge in [-0.2, -0.15) is 0 Å². The first-order valence-electron chi connectivity index (χ1n) is 8.76. The second kappa shape index (κ2) is 7.68. The molecule has 0 aliphatic rings. The van der Waals surface area contributed by atoms with Gasteiger partial charge >= 0.3 is 5.76 Å². The quantitative estimate of drug-likeness (QED) is 0.435. The zero-order valence-electron chi connectivity index (χ0n) is 15.2. The third-order valence-corrected chi connectivity index (χ3v) is 4.84. The number of carbonyl (C=O) groups excluding carboxylic acids is 2. The summed E-state index contributed by atoms with van der Waals surface area (Å²) in [7, 11) is 0. The van der Waals surface area contributed by atoms with Gasteiger partial charge in [0, 0.05) is 16.1 Å². The molecular formula is C22H12ClF2NO4. The molecule has 4 aromatic rings. The lowest BCUT2D eigenvalue weighted by Gasteiger charge is -2.05. The van der Waals surface area contributed by atoms with Crippen LogP contribution in [0.1, 0.15) is 26.3 Å². The van der Waals surface area contributed by atoms with Crippen molar-refractivity contribution in [2.45, 2.75) is 6.54 Å². The first-order valence-corrected chi connectivity index (χ1v) is 9.14. The summed E-state index contributed by atoms with van der Waals surface area (Å²) in [6, 6.07) is 13.2. The van der Waals surface area contributed by atoms with E-state index >= 15 is 0 Å². The van der Waals surface area contributed by atoms with Crippen molar-refractivity contribution >= 4 is 34.3 Å². The topological polar surface area (TPSA) is 69.3 Å². The Kier molecular flexibility index (Phi) is 5.05. The average Bonchev–Trinajstić information content (AvgIpc) is 3.02. The molecule has 0 bridgehead atoms. The number of oxazole rings is 1. The molecule has 0 fully saturated rings. The SMILES string of the molecule is O=C(Cn1c(=O)oc2cc(C(=O)c3c(F)cccc3F)ccc21)c1ccc(Cl)cc1. The first-order chi connectivity index (χ1) is 14.3. The molecule has 0 N–H and O–H groups in total. The minimum absolute atomic E-state index is 0.0199. The number of rotatable bonds is 5. The van der Waals surface area contributed by atoms with E-state index in [0.29, 0.717) is 10.6 Å². The molecule has 3 aromatic carbocycles. The number of halogens is 3. The monoisotopic (exact) mass is 427 g/mol. The Morgan fingerprint density at radius 2 is 1.57 bits per heavy atom. The molecular weight excluding hydrogens is 416 g/mol. The maximum absolute atomic E-state index is 13.9. The van der Waals surface area contributed by atoms with E-state index in [1.54, 1.807) is 12.1 Å². The van der Waals surface area contributed by atoms with Gasteiger partial charge in [0.1, 0.15) is 11.6 Å². The van der Waals surface area contributed by atoms with Gasteiger partial charge in [0.2, 0.25) is 0 Å². The molecule has 0 aliphatic heterocycles. The van der Waals surface area contributed by atoms with Crippen LogP contribution < -0.4 is 5.76 Å². The number of hydrogen-bond acceptors (Lipinski definition) is 4. The Bertz CT molecular complexity index is 1340. The smallest absolute Gasteiger partial charge is 0.408 e. The van der Waals surface area contributed by atoms with E-state index < -0.39 is 28.7 Å². The van der Waals surface area contributed by atoms with Crippen LogP contribution in [0.5, 0.6) is 0 Å². The van der Waals surface area contributed by atoms with Gasteiger partial charge in [0.25, 0.3) is 0 Å². The van der Waals surface area contributed by atoms with E-state index in [2.05, 4.69) is 0 Å². The Hall–Kier alpha value is -3.58. The summed E-state index contributed by atoms with van der Waals surface area (Å²) in [6.45, 7) is -0.289. The second-order valence-electron chi connectivity index (χ2n) is 6.49. The zero-order chi connectivity index (χ0) is 21.4. The van der Waals surface area contributed by atoms with Gasteiger partial charge < -0.3 is 4.42 Å². The van der Waals surface area contributed by atoms with Crippen molar-refractivity contribution in [3.63, 3.8) is 0 Å². The van der Waals surface area contributed by atoms with Crippen LogP contribution >= 0.6 is 11.6 Å². The van der Waals surface area contributed by atoms with Crippen molar-refractivity contribution in [1.29, 1.82) is 0 Å². The molecule has 0 atom stereocenters. The first kappa shape index (κ1) is 19.7. The van der Waals surface area contributed by atoms with Crippen molar-refractivity contribution in [3.05, 3.63) is 105 Å². The normalized spacial score (nSPS) is 11.0. The van der Waals surface area contributed by atoms with Crippen molar-refractivity contribution in [2.24, 2.45) is 0 Å². The number of benzene rings is 3. The van der Waals surface area contributed by atoms with Gasteiger partial charge in [0.15, 0.2) is 17.1 Å². The number of aromatic nitrogens is 1. The van der Waals surface area contributed by atoms with E-state index in [9.17, 15) is 23.2 Å². The summed E-state index contributed by atoms with van der Waals surface area (Å²) in [5.74, 6) is -4.01. The number of Topliss-reactive ketones (excluding diaryl/α,β-unsaturated/α-hetero) is 1. The molecule has 30 heavy (non-hydrogen) atoms. The molecule has 0 saturated carbocycles. The predicted octanol–water partition coefficient (Wildman–Crippen LogP) is 4.64. The fourth-order valence-electron chi connectivity index (χ4n) is 3.09.